The SMILES string of the molecule is COP(C)(=O)C(C(=O)N/C=C/c1ccc(F)c(F)c1)c1csc2ccc(Cl)cc12. The largest absolute Gasteiger partial charge is 0.332 e. The molecule has 4 nitrogen and oxygen atoms in total. The molecule has 29 heavy (non-hydrogen) atoms. The van der Waals surface area contributed by atoms with E-state index in [1.807, 2.05) is 6.07 Å². The summed E-state index contributed by atoms with van der Waals surface area (Å²) in [6.07, 6.45) is 2.70. The van der Waals surface area contributed by atoms with Crippen LogP contribution in [0.4, 0.5) is 8.78 Å². The minimum absolute atomic E-state index is 0.361. The summed E-state index contributed by atoms with van der Waals surface area (Å²) in [5.74, 6) is -2.49. The van der Waals surface area contributed by atoms with Crippen molar-refractivity contribution in [2.75, 3.05) is 13.8 Å². The molecule has 1 N–H and O–H groups in total. The number of nitrogens with one attached hydrogen (secondary N) is 1. The third-order valence-electron chi connectivity index (χ3n) is 4.38. The summed E-state index contributed by atoms with van der Waals surface area (Å²) in [6, 6.07) is 8.65. The third kappa shape index (κ3) is 4.75. The van der Waals surface area contributed by atoms with Gasteiger partial charge in [0.1, 0.15) is 5.66 Å². The maximum absolute atomic E-state index is 13.3. The number of fused-ring (bicyclic) bond motifs is 1. The van der Waals surface area contributed by atoms with Crippen LogP contribution in [-0.4, -0.2) is 19.7 Å². The van der Waals surface area contributed by atoms with Gasteiger partial charge < -0.3 is 9.84 Å². The lowest BCUT2D eigenvalue weighted by Crippen LogP contribution is -2.25. The van der Waals surface area contributed by atoms with Crippen LogP contribution >= 0.6 is 30.3 Å². The highest BCUT2D eigenvalue weighted by molar-refractivity contribution is 7.59. The van der Waals surface area contributed by atoms with Gasteiger partial charge in [0.05, 0.1) is 0 Å². The van der Waals surface area contributed by atoms with Crippen LogP contribution in [0.1, 0.15) is 16.8 Å². The summed E-state index contributed by atoms with van der Waals surface area (Å²) in [7, 11) is -2.07. The summed E-state index contributed by atoms with van der Waals surface area (Å²) >= 11 is 7.50. The van der Waals surface area contributed by atoms with Crippen LogP contribution in [0, 0.1) is 11.6 Å². The van der Waals surface area contributed by atoms with Crippen LogP contribution in [-0.2, 0) is 13.9 Å². The first-order valence-corrected chi connectivity index (χ1v) is 11.8. The summed E-state index contributed by atoms with van der Waals surface area (Å²) in [5, 5.41) is 5.55. The molecule has 0 fully saturated rings. The summed E-state index contributed by atoms with van der Waals surface area (Å²) < 4.78 is 45.4. The number of rotatable bonds is 6. The Bertz CT molecular complexity index is 1150. The molecule has 0 spiro atoms. The Morgan fingerprint density at radius 3 is 2.69 bits per heavy atom. The number of halogens is 3. The van der Waals surface area contributed by atoms with Crippen LogP contribution in [0.5, 0.6) is 0 Å². The van der Waals surface area contributed by atoms with E-state index in [0.717, 1.165) is 22.2 Å². The average molecular weight is 456 g/mol. The number of benzene rings is 2. The average Bonchev–Trinajstić information content (AvgIpc) is 3.07. The number of carbonyl (C=O) groups is 1. The van der Waals surface area contributed by atoms with E-state index < -0.39 is 30.6 Å². The zero-order valence-electron chi connectivity index (χ0n) is 15.5. The van der Waals surface area contributed by atoms with Gasteiger partial charge in [-0.25, -0.2) is 8.78 Å². The van der Waals surface area contributed by atoms with Gasteiger partial charge in [-0.15, -0.1) is 11.3 Å². The van der Waals surface area contributed by atoms with Crippen LogP contribution in [0.2, 0.25) is 5.02 Å². The standard InChI is InChI=1S/C20H17ClF2NO3PS/c1-27-28(2,26)19(15-11-29-18-6-4-13(21)10-14(15)18)20(25)24-8-7-12-3-5-16(22)17(23)9-12/h3-11,19H,1-2H3,(H,24,25)/b8-7+. The Morgan fingerprint density at radius 2 is 2.00 bits per heavy atom. The number of carbonyl (C=O) groups excluding carboxylic acids is 1. The highest BCUT2D eigenvalue weighted by Gasteiger charge is 2.37. The van der Waals surface area contributed by atoms with Crippen molar-refractivity contribution in [3.63, 3.8) is 0 Å². The molecule has 152 valence electrons. The Morgan fingerprint density at radius 1 is 1.24 bits per heavy atom. The van der Waals surface area contributed by atoms with Crippen LogP contribution in [0.25, 0.3) is 16.2 Å². The van der Waals surface area contributed by atoms with Crippen molar-refractivity contribution in [2.24, 2.45) is 0 Å². The van der Waals surface area contributed by atoms with Crippen LogP contribution in [0.15, 0.2) is 48.0 Å². The predicted molar refractivity (Wildman–Crippen MR) is 114 cm³/mol. The Labute approximate surface area is 175 Å². The van der Waals surface area contributed by atoms with Crippen molar-refractivity contribution < 1.29 is 22.7 Å². The second-order valence-corrected chi connectivity index (χ2v) is 10.4. The lowest BCUT2D eigenvalue weighted by atomic mass is 10.1. The molecule has 0 aliphatic carbocycles. The first-order chi connectivity index (χ1) is 13.7. The smallest absolute Gasteiger partial charge is 0.241 e. The molecule has 2 aromatic carbocycles. The quantitative estimate of drug-likeness (QED) is 0.449. The van der Waals surface area contributed by atoms with Gasteiger partial charge in [0.2, 0.25) is 13.3 Å². The highest BCUT2D eigenvalue weighted by atomic mass is 35.5. The van der Waals surface area contributed by atoms with E-state index >= 15 is 0 Å². The molecular formula is C20H17ClF2NO3PS. The molecule has 2 atom stereocenters. The molecule has 0 aliphatic heterocycles. The summed E-state index contributed by atoms with van der Waals surface area (Å²) in [6.45, 7) is 1.39. The molecule has 3 rings (SSSR count). The van der Waals surface area contributed by atoms with E-state index in [1.165, 1.54) is 43.5 Å². The molecule has 0 bridgehead atoms. The Hall–Kier alpha value is -2.05. The van der Waals surface area contributed by atoms with Gasteiger partial charge in [0, 0.05) is 29.7 Å². The molecule has 0 aliphatic rings. The van der Waals surface area contributed by atoms with Gasteiger partial charge in [-0.1, -0.05) is 17.7 Å². The monoisotopic (exact) mass is 455 g/mol. The lowest BCUT2D eigenvalue weighted by Gasteiger charge is -2.21. The van der Waals surface area contributed by atoms with E-state index in [4.69, 9.17) is 16.1 Å². The first-order valence-electron chi connectivity index (χ1n) is 8.44. The molecule has 1 heterocycles. The molecule has 0 radical (unpaired) electrons. The second kappa shape index (κ2) is 8.76. The van der Waals surface area contributed by atoms with E-state index in [9.17, 15) is 18.1 Å². The number of hydrogen-bond acceptors (Lipinski definition) is 4. The van der Waals surface area contributed by atoms with Crippen LogP contribution in [0.3, 0.4) is 0 Å². The van der Waals surface area contributed by atoms with Crippen molar-refractivity contribution in [1.82, 2.24) is 5.32 Å². The minimum Gasteiger partial charge on any atom is -0.332 e. The van der Waals surface area contributed by atoms with Gasteiger partial charge in [0.25, 0.3) is 0 Å². The molecular weight excluding hydrogens is 439 g/mol. The van der Waals surface area contributed by atoms with E-state index in [0.29, 0.717) is 16.1 Å². The molecule has 3 aromatic rings. The molecule has 2 unspecified atom stereocenters. The zero-order valence-corrected chi connectivity index (χ0v) is 18.0. The molecule has 0 saturated heterocycles. The summed E-state index contributed by atoms with van der Waals surface area (Å²) in [4.78, 5) is 12.9. The van der Waals surface area contributed by atoms with Gasteiger partial charge in [-0.3, -0.25) is 9.36 Å². The maximum atomic E-state index is 13.3. The molecule has 1 aromatic heterocycles. The topological polar surface area (TPSA) is 55.4 Å². The fraction of sp³-hybridized carbons (Fsp3) is 0.150. The van der Waals surface area contributed by atoms with E-state index in [2.05, 4.69) is 5.32 Å². The molecule has 9 heteroatoms. The van der Waals surface area contributed by atoms with Crippen molar-refractivity contribution in [3.8, 4) is 0 Å². The number of amides is 1. The van der Waals surface area contributed by atoms with Gasteiger partial charge in [-0.2, -0.15) is 0 Å². The summed E-state index contributed by atoms with van der Waals surface area (Å²) in [5.41, 5.74) is -0.145. The van der Waals surface area contributed by atoms with Crippen molar-refractivity contribution >= 4 is 52.4 Å². The molecule has 0 saturated carbocycles. The van der Waals surface area contributed by atoms with Gasteiger partial charge in [0.15, 0.2) is 11.6 Å². The van der Waals surface area contributed by atoms with Crippen LogP contribution < -0.4 is 5.32 Å². The lowest BCUT2D eigenvalue weighted by molar-refractivity contribution is -0.120. The fourth-order valence-corrected chi connectivity index (χ4v) is 5.53. The highest BCUT2D eigenvalue weighted by Crippen LogP contribution is 2.58. The fourth-order valence-electron chi connectivity index (χ4n) is 2.86. The van der Waals surface area contributed by atoms with E-state index in [-0.39, 0.29) is 0 Å². The third-order valence-corrected chi connectivity index (χ3v) is 7.78. The predicted octanol–water partition coefficient (Wildman–Crippen LogP) is 6.22. The first kappa shape index (κ1) is 21.7. The zero-order chi connectivity index (χ0) is 21.2. The normalized spacial score (nSPS) is 14.8. The maximum Gasteiger partial charge on any atom is 0.241 e. The minimum atomic E-state index is -3.37. The Balaban J connectivity index is 1.91. The number of thiophene rings is 1. The van der Waals surface area contributed by atoms with Crippen molar-refractivity contribution in [1.29, 1.82) is 0 Å². The molecule has 1 amide bonds. The van der Waals surface area contributed by atoms with Gasteiger partial charge >= 0.3 is 0 Å². The van der Waals surface area contributed by atoms with E-state index in [1.54, 1.807) is 17.5 Å². The van der Waals surface area contributed by atoms with Crippen molar-refractivity contribution in [3.05, 3.63) is 75.8 Å². The number of hydrogen-bond donors (Lipinski definition) is 1. The van der Waals surface area contributed by atoms with Gasteiger partial charge in [-0.05, 0) is 58.3 Å². The van der Waals surface area contributed by atoms with Crippen molar-refractivity contribution in [2.45, 2.75) is 5.66 Å². The second-order valence-electron chi connectivity index (χ2n) is 6.34. The Kier molecular flexibility index (Phi) is 6.54.